The van der Waals surface area contributed by atoms with Gasteiger partial charge in [-0.05, 0) is 48.1 Å². The summed E-state index contributed by atoms with van der Waals surface area (Å²) in [7, 11) is 1.66. The van der Waals surface area contributed by atoms with Gasteiger partial charge in [0.25, 0.3) is 11.8 Å². The molecule has 0 radical (unpaired) electrons. The van der Waals surface area contributed by atoms with Gasteiger partial charge in [-0.25, -0.2) is 0 Å². The first-order valence-electron chi connectivity index (χ1n) is 13.4. The molecule has 40 heavy (non-hydrogen) atoms. The number of guanidine groups is 1. The van der Waals surface area contributed by atoms with Crippen LogP contribution >= 0.6 is 0 Å². The third-order valence-corrected chi connectivity index (χ3v) is 7.15. The van der Waals surface area contributed by atoms with E-state index in [-0.39, 0.29) is 24.2 Å². The number of fused-ring (bicyclic) bond motifs is 1. The van der Waals surface area contributed by atoms with Crippen LogP contribution in [0.25, 0.3) is 0 Å². The molecule has 2 unspecified atom stereocenters. The number of carboxylic acids is 1. The number of amides is 2. The van der Waals surface area contributed by atoms with Gasteiger partial charge < -0.3 is 26.4 Å². The number of hydrogen-bond acceptors (Lipinski definition) is 4. The maximum Gasteiger partial charge on any atom is 0.305 e. The van der Waals surface area contributed by atoms with Crippen LogP contribution in [0.2, 0.25) is 0 Å². The third kappa shape index (κ3) is 6.48. The zero-order chi connectivity index (χ0) is 28.6. The van der Waals surface area contributed by atoms with Crippen LogP contribution in [0.5, 0.6) is 0 Å². The van der Waals surface area contributed by atoms with E-state index in [1.807, 2.05) is 36.4 Å². The molecule has 1 heterocycles. The van der Waals surface area contributed by atoms with E-state index in [9.17, 15) is 19.5 Å². The Labute approximate surface area is 234 Å². The van der Waals surface area contributed by atoms with Gasteiger partial charge in [0.15, 0.2) is 5.96 Å². The summed E-state index contributed by atoms with van der Waals surface area (Å²) in [4.78, 5) is 47.6. The van der Waals surface area contributed by atoms with Crippen LogP contribution < -0.4 is 16.4 Å². The lowest BCUT2D eigenvalue weighted by Crippen LogP contribution is -2.43. The molecule has 3 aromatic rings. The van der Waals surface area contributed by atoms with Crippen molar-refractivity contribution in [3.8, 4) is 0 Å². The Hall–Kier alpha value is -4.66. The average Bonchev–Trinajstić information content (AvgIpc) is 3.03. The molecule has 0 saturated heterocycles. The summed E-state index contributed by atoms with van der Waals surface area (Å²) in [5.41, 5.74) is 13.9. The van der Waals surface area contributed by atoms with Crippen LogP contribution in [-0.4, -0.2) is 47.3 Å². The molecule has 0 spiro atoms. The fourth-order valence-corrected chi connectivity index (χ4v) is 5.18. The summed E-state index contributed by atoms with van der Waals surface area (Å²) >= 11 is 0. The molecular weight excluding hydrogens is 506 g/mol. The molecular formula is C31H35N5O4. The number of unbranched alkanes of at least 4 members (excludes halogenated alkanes) is 2. The van der Waals surface area contributed by atoms with Gasteiger partial charge in [0.2, 0.25) is 0 Å². The fraction of sp³-hybridized carbons (Fsp3) is 0.290. The smallest absolute Gasteiger partial charge is 0.305 e. The zero-order valence-corrected chi connectivity index (χ0v) is 22.6. The second-order valence-electron chi connectivity index (χ2n) is 9.92. The lowest BCUT2D eigenvalue weighted by molar-refractivity contribution is -0.139. The van der Waals surface area contributed by atoms with Gasteiger partial charge in [0.1, 0.15) is 6.04 Å². The van der Waals surface area contributed by atoms with E-state index < -0.39 is 18.1 Å². The van der Waals surface area contributed by atoms with Crippen LogP contribution in [0.4, 0.5) is 5.69 Å². The van der Waals surface area contributed by atoms with Gasteiger partial charge in [0, 0.05) is 13.6 Å². The molecule has 2 amide bonds. The van der Waals surface area contributed by atoms with Crippen molar-refractivity contribution in [2.24, 2.45) is 16.5 Å². The lowest BCUT2D eigenvalue weighted by Gasteiger charge is -2.36. The SMILES string of the molecule is CN1C(=O)C(c2ccccc2)N(C(CC(=O)O)c2ccccc2)C(=O)c2cc(CCCCCN=C(N)N)ccc21. The summed E-state index contributed by atoms with van der Waals surface area (Å²) in [5.74, 6) is -1.67. The van der Waals surface area contributed by atoms with E-state index in [2.05, 4.69) is 4.99 Å². The van der Waals surface area contributed by atoms with Crippen molar-refractivity contribution in [1.29, 1.82) is 0 Å². The maximum atomic E-state index is 14.5. The number of nitrogens with zero attached hydrogens (tertiary/aromatic N) is 3. The maximum absolute atomic E-state index is 14.5. The van der Waals surface area contributed by atoms with Crippen molar-refractivity contribution in [3.05, 3.63) is 101 Å². The predicted molar refractivity (Wildman–Crippen MR) is 155 cm³/mol. The summed E-state index contributed by atoms with van der Waals surface area (Å²) in [6, 6.07) is 21.8. The van der Waals surface area contributed by atoms with Crippen molar-refractivity contribution in [3.63, 3.8) is 0 Å². The number of anilines is 1. The standard InChI is InChI=1S/C31H35N5O4/c1-35-25-17-16-21(11-5-4-10-18-34-31(32)33)19-24(25)29(39)36(28(30(35)40)23-14-8-3-9-15-23)26(20-27(37)38)22-12-6-2-7-13-22/h2-3,6-9,12-17,19,26,28H,4-5,10-11,18,20H2,1H3,(H,37,38)(H4,32,33,34). The minimum absolute atomic E-state index is 0.0815. The normalized spacial score (nSPS) is 15.8. The highest BCUT2D eigenvalue weighted by atomic mass is 16.4. The van der Waals surface area contributed by atoms with E-state index in [0.29, 0.717) is 28.9 Å². The highest BCUT2D eigenvalue weighted by Crippen LogP contribution is 2.40. The molecule has 208 valence electrons. The van der Waals surface area contributed by atoms with Crippen LogP contribution in [0.15, 0.2) is 83.9 Å². The average molecular weight is 542 g/mol. The molecule has 0 saturated carbocycles. The first-order chi connectivity index (χ1) is 19.3. The second-order valence-corrected chi connectivity index (χ2v) is 9.92. The van der Waals surface area contributed by atoms with Crippen molar-refractivity contribution in [2.75, 3.05) is 18.5 Å². The molecule has 0 aromatic heterocycles. The molecule has 1 aliphatic rings. The fourth-order valence-electron chi connectivity index (χ4n) is 5.18. The molecule has 4 rings (SSSR count). The molecule has 0 fully saturated rings. The first-order valence-corrected chi connectivity index (χ1v) is 13.4. The summed E-state index contributed by atoms with van der Waals surface area (Å²) in [6.45, 7) is 0.568. The Morgan fingerprint density at radius 2 is 1.62 bits per heavy atom. The Kier molecular flexibility index (Phi) is 9.16. The summed E-state index contributed by atoms with van der Waals surface area (Å²) in [5, 5.41) is 9.88. The van der Waals surface area contributed by atoms with E-state index >= 15 is 0 Å². The number of hydrogen-bond donors (Lipinski definition) is 3. The van der Waals surface area contributed by atoms with Crippen molar-refractivity contribution < 1.29 is 19.5 Å². The molecule has 2 atom stereocenters. The number of nitrogens with two attached hydrogens (primary N) is 2. The highest BCUT2D eigenvalue weighted by molar-refractivity contribution is 6.11. The third-order valence-electron chi connectivity index (χ3n) is 7.15. The first kappa shape index (κ1) is 28.4. The molecule has 9 heteroatoms. The van der Waals surface area contributed by atoms with Crippen LogP contribution in [-0.2, 0) is 16.0 Å². The van der Waals surface area contributed by atoms with Crippen LogP contribution in [0.3, 0.4) is 0 Å². The number of carbonyl (C=O) groups excluding carboxylic acids is 2. The van der Waals surface area contributed by atoms with Gasteiger partial charge in [-0.1, -0.05) is 73.2 Å². The minimum atomic E-state index is -1.06. The Morgan fingerprint density at radius 1 is 0.950 bits per heavy atom. The van der Waals surface area contributed by atoms with E-state index in [1.54, 1.807) is 49.5 Å². The second kappa shape index (κ2) is 12.9. The minimum Gasteiger partial charge on any atom is -0.481 e. The number of likely N-dealkylation sites (N-methyl/N-ethyl adjacent to an activating group) is 1. The quantitative estimate of drug-likeness (QED) is 0.190. The molecule has 5 N–H and O–H groups in total. The topological polar surface area (TPSA) is 142 Å². The molecule has 1 aliphatic heterocycles. The van der Waals surface area contributed by atoms with E-state index in [4.69, 9.17) is 11.5 Å². The summed E-state index contributed by atoms with van der Waals surface area (Å²) < 4.78 is 0. The van der Waals surface area contributed by atoms with Crippen molar-refractivity contribution in [1.82, 2.24) is 4.90 Å². The lowest BCUT2D eigenvalue weighted by atomic mass is 9.95. The molecule has 0 bridgehead atoms. The number of benzene rings is 3. The number of carbonyl (C=O) groups is 3. The monoisotopic (exact) mass is 541 g/mol. The largest absolute Gasteiger partial charge is 0.481 e. The number of rotatable bonds is 11. The Bertz CT molecular complexity index is 1370. The van der Waals surface area contributed by atoms with Crippen molar-refractivity contribution >= 4 is 29.4 Å². The van der Waals surface area contributed by atoms with Gasteiger partial charge in [-0.2, -0.15) is 0 Å². The van der Waals surface area contributed by atoms with Gasteiger partial charge in [0.05, 0.1) is 23.7 Å². The zero-order valence-electron chi connectivity index (χ0n) is 22.6. The number of aliphatic carboxylic acids is 1. The molecule has 0 aliphatic carbocycles. The van der Waals surface area contributed by atoms with Gasteiger partial charge >= 0.3 is 5.97 Å². The molecule has 9 nitrogen and oxygen atoms in total. The van der Waals surface area contributed by atoms with Gasteiger partial charge in [-0.15, -0.1) is 0 Å². The van der Waals surface area contributed by atoms with E-state index in [1.165, 1.54) is 9.80 Å². The Balaban J connectivity index is 1.75. The van der Waals surface area contributed by atoms with Crippen molar-refractivity contribution in [2.45, 2.75) is 44.2 Å². The van der Waals surface area contributed by atoms with Crippen LogP contribution in [0, 0.1) is 0 Å². The molecule has 3 aromatic carbocycles. The number of aliphatic imine (C=N–C) groups is 1. The summed E-state index contributed by atoms with van der Waals surface area (Å²) in [6.07, 6.45) is 3.03. The van der Waals surface area contributed by atoms with E-state index in [0.717, 1.165) is 31.2 Å². The van der Waals surface area contributed by atoms with Gasteiger partial charge in [-0.3, -0.25) is 19.4 Å². The number of carboxylic acid groups (broad SMARTS) is 1. The van der Waals surface area contributed by atoms with Crippen LogP contribution in [0.1, 0.15) is 64.8 Å². The Morgan fingerprint density at radius 3 is 2.27 bits per heavy atom. The highest BCUT2D eigenvalue weighted by Gasteiger charge is 2.43. The predicted octanol–water partition coefficient (Wildman–Crippen LogP) is 4.05. The number of aryl methyl sites for hydroxylation is 1.